The summed E-state index contributed by atoms with van der Waals surface area (Å²) in [6.45, 7) is 6.14. The van der Waals surface area contributed by atoms with Gasteiger partial charge in [0, 0.05) is 12.6 Å². The largest absolute Gasteiger partial charge is 0.378 e. The molecule has 0 amide bonds. The minimum absolute atomic E-state index is 0.511. The van der Waals surface area contributed by atoms with Crippen molar-refractivity contribution in [2.24, 2.45) is 0 Å². The topological polar surface area (TPSA) is 21.3 Å². The Hall–Kier alpha value is -0.860. The summed E-state index contributed by atoms with van der Waals surface area (Å²) in [4.78, 5) is 0. The fourth-order valence-corrected chi connectivity index (χ4v) is 2.39. The Morgan fingerprint density at radius 2 is 2.18 bits per heavy atom. The van der Waals surface area contributed by atoms with E-state index in [1.165, 1.54) is 24.0 Å². The number of hydrogen-bond acceptors (Lipinski definition) is 2. The predicted molar refractivity (Wildman–Crippen MR) is 71.3 cm³/mol. The van der Waals surface area contributed by atoms with Crippen molar-refractivity contribution in [3.8, 4) is 0 Å². The van der Waals surface area contributed by atoms with Crippen molar-refractivity contribution in [2.75, 3.05) is 13.2 Å². The second-order valence-electron chi connectivity index (χ2n) is 4.94. The van der Waals surface area contributed by atoms with Crippen LogP contribution >= 0.6 is 0 Å². The number of ether oxygens (including phenoxy) is 1. The van der Waals surface area contributed by atoms with E-state index in [4.69, 9.17) is 4.74 Å². The van der Waals surface area contributed by atoms with E-state index in [0.29, 0.717) is 12.1 Å². The van der Waals surface area contributed by atoms with Crippen LogP contribution in [-0.4, -0.2) is 25.3 Å². The summed E-state index contributed by atoms with van der Waals surface area (Å²) in [6.07, 6.45) is 4.00. The van der Waals surface area contributed by atoms with E-state index in [1.54, 1.807) is 0 Å². The zero-order chi connectivity index (χ0) is 12.1. The summed E-state index contributed by atoms with van der Waals surface area (Å²) in [7, 11) is 0. The van der Waals surface area contributed by atoms with Crippen LogP contribution in [0, 0.1) is 6.92 Å². The molecular weight excluding hydrogens is 210 g/mol. The van der Waals surface area contributed by atoms with Crippen LogP contribution in [-0.2, 0) is 11.2 Å². The minimum Gasteiger partial charge on any atom is -0.378 e. The van der Waals surface area contributed by atoms with Crippen LogP contribution in [0.2, 0.25) is 0 Å². The molecule has 1 saturated carbocycles. The Bertz CT molecular complexity index is 345. The highest BCUT2D eigenvalue weighted by Crippen LogP contribution is 2.23. The lowest BCUT2D eigenvalue weighted by Crippen LogP contribution is -2.46. The van der Waals surface area contributed by atoms with Crippen LogP contribution in [0.25, 0.3) is 0 Å². The summed E-state index contributed by atoms with van der Waals surface area (Å²) >= 11 is 0. The van der Waals surface area contributed by atoms with Gasteiger partial charge in [0.1, 0.15) is 0 Å². The third kappa shape index (κ3) is 3.83. The van der Waals surface area contributed by atoms with Crippen molar-refractivity contribution in [3.63, 3.8) is 0 Å². The number of nitrogens with one attached hydrogen (secondary N) is 1. The molecule has 0 aromatic heterocycles. The summed E-state index contributed by atoms with van der Waals surface area (Å²) in [5, 5.41) is 3.60. The molecule has 0 atom stereocenters. The van der Waals surface area contributed by atoms with Gasteiger partial charge in [-0.3, -0.25) is 0 Å². The maximum atomic E-state index is 5.55. The van der Waals surface area contributed by atoms with Crippen LogP contribution in [0.1, 0.15) is 30.9 Å². The molecule has 0 spiro atoms. The third-order valence-electron chi connectivity index (χ3n) is 3.43. The third-order valence-corrected chi connectivity index (χ3v) is 3.43. The first-order valence-electron chi connectivity index (χ1n) is 6.68. The highest BCUT2D eigenvalue weighted by atomic mass is 16.5. The van der Waals surface area contributed by atoms with Gasteiger partial charge < -0.3 is 10.1 Å². The fourth-order valence-electron chi connectivity index (χ4n) is 2.39. The number of benzene rings is 1. The average molecular weight is 233 g/mol. The van der Waals surface area contributed by atoms with Gasteiger partial charge in [-0.2, -0.15) is 0 Å². The van der Waals surface area contributed by atoms with Gasteiger partial charge in [0.05, 0.1) is 6.10 Å². The van der Waals surface area contributed by atoms with Crippen molar-refractivity contribution in [1.29, 1.82) is 0 Å². The summed E-state index contributed by atoms with van der Waals surface area (Å²) < 4.78 is 5.55. The Morgan fingerprint density at radius 1 is 1.35 bits per heavy atom. The summed E-state index contributed by atoms with van der Waals surface area (Å²) in [5.41, 5.74) is 2.78. The van der Waals surface area contributed by atoms with Gasteiger partial charge in [-0.15, -0.1) is 0 Å². The van der Waals surface area contributed by atoms with Gasteiger partial charge in [0.25, 0.3) is 0 Å². The van der Waals surface area contributed by atoms with E-state index in [-0.39, 0.29) is 0 Å². The molecule has 17 heavy (non-hydrogen) atoms. The van der Waals surface area contributed by atoms with Crippen LogP contribution in [0.4, 0.5) is 0 Å². The molecule has 0 saturated heterocycles. The van der Waals surface area contributed by atoms with Crippen molar-refractivity contribution < 1.29 is 4.74 Å². The quantitative estimate of drug-likeness (QED) is 0.815. The maximum Gasteiger partial charge on any atom is 0.0604 e. The SMILES string of the molecule is CCOC1CC(NCCc2cccc(C)c2)C1. The van der Waals surface area contributed by atoms with Crippen molar-refractivity contribution in [1.82, 2.24) is 5.32 Å². The van der Waals surface area contributed by atoms with E-state index >= 15 is 0 Å². The smallest absolute Gasteiger partial charge is 0.0604 e. The van der Waals surface area contributed by atoms with E-state index < -0.39 is 0 Å². The zero-order valence-corrected chi connectivity index (χ0v) is 10.9. The van der Waals surface area contributed by atoms with Crippen LogP contribution in [0.5, 0.6) is 0 Å². The highest BCUT2D eigenvalue weighted by Gasteiger charge is 2.28. The van der Waals surface area contributed by atoms with E-state index in [2.05, 4.69) is 43.4 Å². The van der Waals surface area contributed by atoms with E-state index in [1.807, 2.05) is 0 Å². The molecule has 1 aromatic carbocycles. The molecule has 1 aliphatic carbocycles. The normalized spacial score (nSPS) is 23.4. The van der Waals surface area contributed by atoms with Crippen LogP contribution in [0.15, 0.2) is 24.3 Å². The highest BCUT2D eigenvalue weighted by molar-refractivity contribution is 5.22. The van der Waals surface area contributed by atoms with Crippen LogP contribution in [0.3, 0.4) is 0 Å². The molecule has 0 radical (unpaired) electrons. The number of hydrogen-bond donors (Lipinski definition) is 1. The first kappa shape index (κ1) is 12.6. The van der Waals surface area contributed by atoms with Crippen molar-refractivity contribution in [2.45, 2.75) is 45.3 Å². The lowest BCUT2D eigenvalue weighted by molar-refractivity contribution is -0.00960. The first-order chi connectivity index (χ1) is 8.28. The maximum absolute atomic E-state index is 5.55. The molecule has 0 aliphatic heterocycles. The number of rotatable bonds is 6. The van der Waals surface area contributed by atoms with Crippen molar-refractivity contribution >= 4 is 0 Å². The standard InChI is InChI=1S/C15H23NO/c1-3-17-15-10-14(11-15)16-8-7-13-6-4-5-12(2)9-13/h4-6,9,14-16H,3,7-8,10-11H2,1-2H3. The average Bonchev–Trinajstić information content (AvgIpc) is 2.26. The summed E-state index contributed by atoms with van der Waals surface area (Å²) in [6, 6.07) is 9.44. The van der Waals surface area contributed by atoms with Gasteiger partial charge in [0.2, 0.25) is 0 Å². The molecule has 0 bridgehead atoms. The Labute approximate surface area is 104 Å². The molecule has 1 fully saturated rings. The summed E-state index contributed by atoms with van der Waals surface area (Å²) in [5.74, 6) is 0. The van der Waals surface area contributed by atoms with Crippen molar-refractivity contribution in [3.05, 3.63) is 35.4 Å². The Balaban J connectivity index is 1.61. The van der Waals surface area contributed by atoms with Crippen LogP contribution < -0.4 is 5.32 Å². The fraction of sp³-hybridized carbons (Fsp3) is 0.600. The van der Waals surface area contributed by atoms with Gasteiger partial charge in [-0.25, -0.2) is 0 Å². The van der Waals surface area contributed by atoms with Gasteiger partial charge in [-0.05, 0) is 45.2 Å². The molecule has 0 unspecified atom stereocenters. The first-order valence-corrected chi connectivity index (χ1v) is 6.68. The predicted octanol–water partition coefficient (Wildman–Crippen LogP) is 2.69. The van der Waals surface area contributed by atoms with Gasteiger partial charge >= 0.3 is 0 Å². The monoisotopic (exact) mass is 233 g/mol. The van der Waals surface area contributed by atoms with E-state index in [9.17, 15) is 0 Å². The molecule has 94 valence electrons. The Kier molecular flexibility index (Phi) is 4.57. The molecule has 1 N–H and O–H groups in total. The second-order valence-corrected chi connectivity index (χ2v) is 4.94. The minimum atomic E-state index is 0.511. The lowest BCUT2D eigenvalue weighted by atomic mass is 9.89. The Morgan fingerprint density at radius 3 is 2.88 bits per heavy atom. The molecule has 2 nitrogen and oxygen atoms in total. The molecule has 1 aromatic rings. The molecule has 1 aliphatic rings. The van der Waals surface area contributed by atoms with Gasteiger partial charge in [0.15, 0.2) is 0 Å². The molecule has 2 heteroatoms. The lowest BCUT2D eigenvalue weighted by Gasteiger charge is -2.35. The molecule has 0 heterocycles. The second kappa shape index (κ2) is 6.18. The van der Waals surface area contributed by atoms with Gasteiger partial charge in [-0.1, -0.05) is 29.8 Å². The van der Waals surface area contributed by atoms with E-state index in [0.717, 1.165) is 19.6 Å². The molecule has 2 rings (SSSR count). The zero-order valence-electron chi connectivity index (χ0n) is 10.9. The number of aryl methyl sites for hydroxylation is 1. The molecular formula is C15H23NO.